The van der Waals surface area contributed by atoms with Crippen LogP contribution in [-0.4, -0.2) is 32.4 Å². The van der Waals surface area contributed by atoms with E-state index in [1.54, 1.807) is 48.5 Å². The molecule has 0 radical (unpaired) electrons. The van der Waals surface area contributed by atoms with E-state index in [2.05, 4.69) is 9.50 Å². The summed E-state index contributed by atoms with van der Waals surface area (Å²) in [4.78, 5) is 25.5. The second-order valence-corrected chi connectivity index (χ2v) is 8.77. The minimum Gasteiger partial charge on any atom is -0.384 e. The molecule has 32 heavy (non-hydrogen) atoms. The van der Waals surface area contributed by atoms with Crippen molar-refractivity contribution in [1.29, 1.82) is 5.41 Å². The maximum Gasteiger partial charge on any atom is 0.354 e. The van der Waals surface area contributed by atoms with Crippen molar-refractivity contribution in [2.45, 2.75) is 0 Å². The van der Waals surface area contributed by atoms with Gasteiger partial charge in [-0.3, -0.25) is 10.2 Å². The SMILES string of the molecule is CS(=O)(=O)OC(=O)c1cc(Cl)ccc1-c1ccccc1C(=O)Nc1ccc(C(=N)N)cc1. The van der Waals surface area contributed by atoms with Gasteiger partial charge in [-0.25, -0.2) is 4.79 Å². The first kappa shape index (κ1) is 23.0. The zero-order chi connectivity index (χ0) is 23.5. The molecule has 0 heterocycles. The van der Waals surface area contributed by atoms with Gasteiger partial charge in [0.25, 0.3) is 5.91 Å². The number of halogens is 1. The normalized spacial score (nSPS) is 10.9. The van der Waals surface area contributed by atoms with Crippen LogP contribution in [0.25, 0.3) is 11.1 Å². The number of amides is 1. The number of anilines is 1. The van der Waals surface area contributed by atoms with Gasteiger partial charge in [0, 0.05) is 21.8 Å². The summed E-state index contributed by atoms with van der Waals surface area (Å²) in [6.07, 6.45) is 0.758. The van der Waals surface area contributed by atoms with Crippen LogP contribution in [-0.2, 0) is 14.3 Å². The Morgan fingerprint density at radius 3 is 2.22 bits per heavy atom. The molecule has 0 aliphatic rings. The Labute approximate surface area is 189 Å². The van der Waals surface area contributed by atoms with E-state index in [9.17, 15) is 18.0 Å². The quantitative estimate of drug-likeness (QED) is 0.285. The van der Waals surface area contributed by atoms with Crippen LogP contribution in [0, 0.1) is 5.41 Å². The van der Waals surface area contributed by atoms with Crippen molar-refractivity contribution >= 4 is 45.1 Å². The van der Waals surface area contributed by atoms with Gasteiger partial charge in [-0.2, -0.15) is 8.42 Å². The van der Waals surface area contributed by atoms with Crippen LogP contribution in [0.15, 0.2) is 66.7 Å². The number of hydrogen-bond donors (Lipinski definition) is 3. The van der Waals surface area contributed by atoms with Crippen LogP contribution in [0.3, 0.4) is 0 Å². The van der Waals surface area contributed by atoms with E-state index < -0.39 is 22.0 Å². The number of nitrogens with two attached hydrogens (primary N) is 1. The average molecular weight is 472 g/mol. The largest absolute Gasteiger partial charge is 0.384 e. The van der Waals surface area contributed by atoms with E-state index in [-0.39, 0.29) is 27.5 Å². The molecule has 0 aliphatic carbocycles. The Kier molecular flexibility index (Phi) is 6.61. The standard InChI is InChI=1S/C22H18ClN3O5S/c1-32(29,30)31-22(28)19-12-14(23)8-11-17(19)16-4-2-3-5-18(16)21(27)26-15-9-6-13(7-10-15)20(24)25/h2-12H,1H3,(H3,24,25)(H,26,27). The number of amidine groups is 1. The minimum atomic E-state index is -4.06. The average Bonchev–Trinajstić information content (AvgIpc) is 2.73. The molecule has 4 N–H and O–H groups in total. The van der Waals surface area contributed by atoms with Gasteiger partial charge in [-0.1, -0.05) is 35.9 Å². The predicted molar refractivity (Wildman–Crippen MR) is 123 cm³/mol. The molecule has 164 valence electrons. The smallest absolute Gasteiger partial charge is 0.354 e. The van der Waals surface area contributed by atoms with Gasteiger partial charge in [0.2, 0.25) is 0 Å². The van der Waals surface area contributed by atoms with E-state index in [1.165, 1.54) is 18.2 Å². The number of hydrogen-bond acceptors (Lipinski definition) is 6. The highest BCUT2D eigenvalue weighted by Crippen LogP contribution is 2.31. The van der Waals surface area contributed by atoms with Gasteiger partial charge in [-0.05, 0) is 53.6 Å². The Morgan fingerprint density at radius 2 is 1.59 bits per heavy atom. The first-order valence-corrected chi connectivity index (χ1v) is 11.3. The van der Waals surface area contributed by atoms with E-state index >= 15 is 0 Å². The Morgan fingerprint density at radius 1 is 0.969 bits per heavy atom. The van der Waals surface area contributed by atoms with E-state index in [0.29, 0.717) is 16.8 Å². The monoisotopic (exact) mass is 471 g/mol. The molecular weight excluding hydrogens is 454 g/mol. The lowest BCUT2D eigenvalue weighted by molar-refractivity contribution is 0.0748. The highest BCUT2D eigenvalue weighted by molar-refractivity contribution is 7.86. The highest BCUT2D eigenvalue weighted by Gasteiger charge is 2.22. The van der Waals surface area contributed by atoms with Crippen LogP contribution < -0.4 is 11.1 Å². The van der Waals surface area contributed by atoms with Crippen molar-refractivity contribution in [1.82, 2.24) is 0 Å². The molecule has 1 amide bonds. The molecule has 0 saturated carbocycles. The lowest BCUT2D eigenvalue weighted by Gasteiger charge is -2.14. The number of carbonyl (C=O) groups is 2. The fourth-order valence-electron chi connectivity index (χ4n) is 2.95. The number of rotatable bonds is 6. The summed E-state index contributed by atoms with van der Waals surface area (Å²) in [5.74, 6) is -1.67. The van der Waals surface area contributed by atoms with Crippen molar-refractivity contribution in [3.05, 3.63) is 88.4 Å². The van der Waals surface area contributed by atoms with E-state index in [0.717, 1.165) is 6.26 Å². The predicted octanol–water partition coefficient (Wildman–Crippen LogP) is 3.66. The van der Waals surface area contributed by atoms with Crippen molar-refractivity contribution < 1.29 is 22.2 Å². The van der Waals surface area contributed by atoms with Crippen LogP contribution in [0.4, 0.5) is 5.69 Å². The highest BCUT2D eigenvalue weighted by atomic mass is 35.5. The van der Waals surface area contributed by atoms with Crippen LogP contribution in [0.5, 0.6) is 0 Å². The van der Waals surface area contributed by atoms with Gasteiger partial charge >= 0.3 is 16.1 Å². The maximum atomic E-state index is 13.0. The van der Waals surface area contributed by atoms with Crippen LogP contribution in [0.2, 0.25) is 5.02 Å². The molecule has 10 heteroatoms. The number of nitrogens with one attached hydrogen (secondary N) is 2. The number of nitrogen functional groups attached to an aromatic ring is 1. The molecule has 0 unspecified atom stereocenters. The molecule has 0 aromatic heterocycles. The Balaban J connectivity index is 2.00. The lowest BCUT2D eigenvalue weighted by atomic mass is 9.95. The fourth-order valence-corrected chi connectivity index (χ4v) is 3.49. The van der Waals surface area contributed by atoms with Crippen LogP contribution in [0.1, 0.15) is 26.3 Å². The summed E-state index contributed by atoms with van der Waals surface area (Å²) >= 11 is 6.00. The van der Waals surface area contributed by atoms with E-state index in [1.807, 2.05) is 0 Å². The topological polar surface area (TPSA) is 139 Å². The van der Waals surface area contributed by atoms with Gasteiger partial charge in [0.1, 0.15) is 5.84 Å². The summed E-state index contributed by atoms with van der Waals surface area (Å²) in [6.45, 7) is 0. The molecule has 0 saturated heterocycles. The van der Waals surface area contributed by atoms with Gasteiger partial charge in [0.05, 0.1) is 11.8 Å². The summed E-state index contributed by atoms with van der Waals surface area (Å²) in [6, 6.07) is 17.2. The fraction of sp³-hybridized carbons (Fsp3) is 0.0455. The molecule has 0 aliphatic heterocycles. The van der Waals surface area contributed by atoms with Gasteiger partial charge in [0.15, 0.2) is 0 Å². The first-order chi connectivity index (χ1) is 15.0. The third kappa shape index (κ3) is 5.51. The van der Waals surface area contributed by atoms with Crippen molar-refractivity contribution in [3.63, 3.8) is 0 Å². The van der Waals surface area contributed by atoms with E-state index in [4.69, 9.17) is 22.7 Å². The molecule has 0 bridgehead atoms. The second kappa shape index (κ2) is 9.21. The first-order valence-electron chi connectivity index (χ1n) is 9.14. The van der Waals surface area contributed by atoms with Crippen molar-refractivity contribution in [2.24, 2.45) is 5.73 Å². The third-order valence-electron chi connectivity index (χ3n) is 4.34. The third-order valence-corrected chi connectivity index (χ3v) is 5.03. The van der Waals surface area contributed by atoms with Gasteiger partial charge < -0.3 is 15.2 Å². The second-order valence-electron chi connectivity index (χ2n) is 6.76. The minimum absolute atomic E-state index is 0.0931. The lowest BCUT2D eigenvalue weighted by Crippen LogP contribution is -2.16. The Bertz CT molecular complexity index is 1320. The summed E-state index contributed by atoms with van der Waals surface area (Å²) < 4.78 is 27.4. The van der Waals surface area contributed by atoms with Crippen LogP contribution >= 0.6 is 11.6 Å². The summed E-state index contributed by atoms with van der Waals surface area (Å²) in [7, 11) is -4.06. The zero-order valence-electron chi connectivity index (χ0n) is 16.8. The molecular formula is C22H18ClN3O5S. The molecule has 0 atom stereocenters. The molecule has 3 aromatic rings. The maximum absolute atomic E-state index is 13.0. The number of carbonyl (C=O) groups excluding carboxylic acids is 2. The zero-order valence-corrected chi connectivity index (χ0v) is 18.3. The number of benzene rings is 3. The molecule has 0 fully saturated rings. The summed E-state index contributed by atoms with van der Waals surface area (Å²) in [5.41, 5.74) is 7.21. The Hall–Kier alpha value is -3.69. The molecule has 3 rings (SSSR count). The molecule has 3 aromatic carbocycles. The van der Waals surface area contributed by atoms with Gasteiger partial charge in [-0.15, -0.1) is 0 Å². The summed E-state index contributed by atoms with van der Waals surface area (Å²) in [5, 5.41) is 10.4. The molecule has 8 nitrogen and oxygen atoms in total. The van der Waals surface area contributed by atoms with Crippen molar-refractivity contribution in [3.8, 4) is 11.1 Å². The molecule has 0 spiro atoms. The van der Waals surface area contributed by atoms with Crippen molar-refractivity contribution in [2.75, 3.05) is 11.6 Å².